The molecule has 0 bridgehead atoms. The lowest BCUT2D eigenvalue weighted by Crippen LogP contribution is -2.52. The monoisotopic (exact) mass is 400 g/mol. The first-order chi connectivity index (χ1) is 14.7. The van der Waals surface area contributed by atoms with Crippen LogP contribution >= 0.6 is 0 Å². The number of anilines is 1. The normalized spacial score (nSPS) is 14.5. The molecule has 0 aliphatic carbocycles. The van der Waals surface area contributed by atoms with E-state index < -0.39 is 11.8 Å². The van der Waals surface area contributed by atoms with Crippen molar-refractivity contribution in [1.29, 1.82) is 0 Å². The average molecular weight is 400 g/mol. The highest BCUT2D eigenvalue weighted by Gasteiger charge is 2.30. The third kappa shape index (κ3) is 4.55. The zero-order valence-corrected chi connectivity index (χ0v) is 16.6. The largest absolute Gasteiger partial charge is 0.332 e. The molecule has 0 atom stereocenters. The summed E-state index contributed by atoms with van der Waals surface area (Å²) in [6.45, 7) is 2.39. The van der Waals surface area contributed by atoms with Crippen LogP contribution < -0.4 is 5.32 Å². The number of amides is 2. The van der Waals surface area contributed by atoms with Gasteiger partial charge in [-0.05, 0) is 23.3 Å². The molecule has 1 N–H and O–H groups in total. The average Bonchev–Trinajstić information content (AvgIpc) is 2.81. The molecular formula is C24H24N4O2. The molecule has 1 aliphatic rings. The Balaban J connectivity index is 1.43. The van der Waals surface area contributed by atoms with Gasteiger partial charge in [-0.2, -0.15) is 0 Å². The van der Waals surface area contributed by atoms with Crippen molar-refractivity contribution in [3.05, 3.63) is 96.2 Å². The Morgan fingerprint density at radius 3 is 1.87 bits per heavy atom. The number of piperazine rings is 1. The minimum absolute atomic E-state index is 0.118. The van der Waals surface area contributed by atoms with Gasteiger partial charge >= 0.3 is 11.8 Å². The summed E-state index contributed by atoms with van der Waals surface area (Å²) in [5.41, 5.74) is 2.44. The summed E-state index contributed by atoms with van der Waals surface area (Å²) in [4.78, 5) is 32.9. The molecule has 4 rings (SSSR count). The zero-order valence-electron chi connectivity index (χ0n) is 16.6. The second kappa shape index (κ2) is 9.33. The van der Waals surface area contributed by atoms with E-state index in [4.69, 9.17) is 0 Å². The number of benzene rings is 2. The fourth-order valence-electron chi connectivity index (χ4n) is 3.82. The highest BCUT2D eigenvalue weighted by Crippen LogP contribution is 2.29. The van der Waals surface area contributed by atoms with Crippen LogP contribution in [0.3, 0.4) is 0 Å². The maximum absolute atomic E-state index is 12.6. The van der Waals surface area contributed by atoms with Crippen molar-refractivity contribution in [1.82, 2.24) is 14.8 Å². The molecular weight excluding hydrogens is 376 g/mol. The molecule has 6 heteroatoms. The Kier molecular flexibility index (Phi) is 6.15. The number of hydrogen-bond donors (Lipinski definition) is 1. The molecule has 1 fully saturated rings. The van der Waals surface area contributed by atoms with Gasteiger partial charge in [0.25, 0.3) is 0 Å². The number of nitrogens with zero attached hydrogens (tertiary/aromatic N) is 3. The minimum atomic E-state index is -0.648. The number of nitrogens with one attached hydrogen (secondary N) is 1. The second-order valence-electron chi connectivity index (χ2n) is 7.22. The molecule has 2 aromatic carbocycles. The van der Waals surface area contributed by atoms with Gasteiger partial charge in [0.1, 0.15) is 5.82 Å². The van der Waals surface area contributed by atoms with Gasteiger partial charge < -0.3 is 10.2 Å². The van der Waals surface area contributed by atoms with E-state index >= 15 is 0 Å². The van der Waals surface area contributed by atoms with Gasteiger partial charge in [0.2, 0.25) is 0 Å². The van der Waals surface area contributed by atoms with Gasteiger partial charge in [0.05, 0.1) is 6.04 Å². The van der Waals surface area contributed by atoms with Crippen molar-refractivity contribution in [3.8, 4) is 0 Å². The topological polar surface area (TPSA) is 65.5 Å². The highest BCUT2D eigenvalue weighted by molar-refractivity contribution is 6.39. The lowest BCUT2D eigenvalue weighted by molar-refractivity contribution is -0.144. The van der Waals surface area contributed by atoms with Crippen LogP contribution in [-0.2, 0) is 9.59 Å². The first kappa shape index (κ1) is 19.8. The van der Waals surface area contributed by atoms with Gasteiger partial charge in [-0.3, -0.25) is 14.5 Å². The molecule has 0 saturated carbocycles. The highest BCUT2D eigenvalue weighted by atomic mass is 16.2. The Morgan fingerprint density at radius 2 is 1.33 bits per heavy atom. The van der Waals surface area contributed by atoms with E-state index in [1.54, 1.807) is 29.3 Å². The predicted molar refractivity (Wildman–Crippen MR) is 116 cm³/mol. The van der Waals surface area contributed by atoms with Crippen molar-refractivity contribution in [2.75, 3.05) is 31.5 Å². The van der Waals surface area contributed by atoms with Crippen molar-refractivity contribution in [2.24, 2.45) is 0 Å². The van der Waals surface area contributed by atoms with Gasteiger partial charge in [0, 0.05) is 32.4 Å². The second-order valence-corrected chi connectivity index (χ2v) is 7.22. The molecule has 1 aliphatic heterocycles. The Hall–Kier alpha value is -3.51. The minimum Gasteiger partial charge on any atom is -0.332 e. The van der Waals surface area contributed by atoms with E-state index in [0.29, 0.717) is 32.0 Å². The first-order valence-corrected chi connectivity index (χ1v) is 10.1. The van der Waals surface area contributed by atoms with Gasteiger partial charge in [-0.1, -0.05) is 66.7 Å². The Labute approximate surface area is 176 Å². The van der Waals surface area contributed by atoms with Crippen LogP contribution in [0.25, 0.3) is 0 Å². The quantitative estimate of drug-likeness (QED) is 0.684. The van der Waals surface area contributed by atoms with Gasteiger partial charge in [0.15, 0.2) is 0 Å². The molecule has 2 amide bonds. The summed E-state index contributed by atoms with van der Waals surface area (Å²) in [5.74, 6) is -0.788. The lowest BCUT2D eigenvalue weighted by Gasteiger charge is -2.39. The van der Waals surface area contributed by atoms with Crippen molar-refractivity contribution in [3.63, 3.8) is 0 Å². The fourth-order valence-corrected chi connectivity index (χ4v) is 3.82. The van der Waals surface area contributed by atoms with E-state index in [-0.39, 0.29) is 6.04 Å². The number of pyridine rings is 1. The molecule has 2 heterocycles. The number of hydrogen-bond acceptors (Lipinski definition) is 4. The molecule has 30 heavy (non-hydrogen) atoms. The smallest absolute Gasteiger partial charge is 0.315 e. The van der Waals surface area contributed by atoms with Crippen molar-refractivity contribution in [2.45, 2.75) is 6.04 Å². The first-order valence-electron chi connectivity index (χ1n) is 10.1. The van der Waals surface area contributed by atoms with Crippen LogP contribution in [0.2, 0.25) is 0 Å². The molecule has 1 saturated heterocycles. The van der Waals surface area contributed by atoms with Crippen molar-refractivity contribution < 1.29 is 9.59 Å². The van der Waals surface area contributed by atoms with Crippen LogP contribution in [0.1, 0.15) is 17.2 Å². The molecule has 152 valence electrons. The fraction of sp³-hybridized carbons (Fsp3) is 0.208. The summed E-state index contributed by atoms with van der Waals surface area (Å²) in [7, 11) is 0. The van der Waals surface area contributed by atoms with E-state index in [2.05, 4.69) is 39.5 Å². The van der Waals surface area contributed by atoms with Crippen LogP contribution in [0, 0.1) is 0 Å². The van der Waals surface area contributed by atoms with Crippen LogP contribution in [0.5, 0.6) is 0 Å². The zero-order chi connectivity index (χ0) is 20.8. The predicted octanol–water partition coefficient (Wildman–Crippen LogP) is 2.95. The summed E-state index contributed by atoms with van der Waals surface area (Å²) >= 11 is 0. The summed E-state index contributed by atoms with van der Waals surface area (Å²) in [6, 6.07) is 26.1. The third-order valence-corrected chi connectivity index (χ3v) is 5.30. The van der Waals surface area contributed by atoms with E-state index in [9.17, 15) is 9.59 Å². The van der Waals surface area contributed by atoms with Gasteiger partial charge in [-0.25, -0.2) is 4.98 Å². The molecule has 0 spiro atoms. The molecule has 3 aromatic rings. The maximum atomic E-state index is 12.6. The van der Waals surface area contributed by atoms with Crippen LogP contribution in [0.4, 0.5) is 5.82 Å². The lowest BCUT2D eigenvalue weighted by atomic mass is 9.96. The molecule has 0 radical (unpaired) electrons. The van der Waals surface area contributed by atoms with E-state index in [0.717, 1.165) is 0 Å². The number of carbonyl (C=O) groups excluding carboxylic acids is 2. The SMILES string of the molecule is O=C(Nc1ccccn1)C(=O)N1CCN(C(c2ccccc2)c2ccccc2)CC1. The summed E-state index contributed by atoms with van der Waals surface area (Å²) < 4.78 is 0. The van der Waals surface area contributed by atoms with Gasteiger partial charge in [-0.15, -0.1) is 0 Å². The number of carbonyl (C=O) groups is 2. The number of aromatic nitrogens is 1. The molecule has 6 nitrogen and oxygen atoms in total. The van der Waals surface area contributed by atoms with Crippen LogP contribution in [0.15, 0.2) is 85.1 Å². The number of rotatable bonds is 4. The van der Waals surface area contributed by atoms with E-state index in [1.165, 1.54) is 11.1 Å². The third-order valence-electron chi connectivity index (χ3n) is 5.30. The summed E-state index contributed by atoms with van der Waals surface area (Å²) in [6.07, 6.45) is 1.58. The Morgan fingerprint density at radius 1 is 0.767 bits per heavy atom. The summed E-state index contributed by atoms with van der Waals surface area (Å²) in [5, 5.41) is 2.57. The standard InChI is InChI=1S/C24H24N4O2/c29-23(26-21-13-7-8-14-25-21)24(30)28-17-15-27(16-18-28)22(19-9-3-1-4-10-19)20-11-5-2-6-12-20/h1-14,22H,15-18H2,(H,25,26,29). The Bertz CT molecular complexity index is 932. The molecule has 1 aromatic heterocycles. The van der Waals surface area contributed by atoms with E-state index in [1.807, 2.05) is 36.4 Å². The van der Waals surface area contributed by atoms with Crippen molar-refractivity contribution >= 4 is 17.6 Å². The maximum Gasteiger partial charge on any atom is 0.315 e. The van der Waals surface area contributed by atoms with Crippen LogP contribution in [-0.4, -0.2) is 52.8 Å². The molecule has 0 unspecified atom stereocenters.